The van der Waals surface area contributed by atoms with Crippen LogP contribution in [0, 0.1) is 0 Å². The molecule has 6 nitrogen and oxygen atoms in total. The summed E-state index contributed by atoms with van der Waals surface area (Å²) >= 11 is 5.90. The van der Waals surface area contributed by atoms with Crippen molar-refractivity contribution in [3.8, 4) is 17.2 Å². The van der Waals surface area contributed by atoms with Gasteiger partial charge < -0.3 is 19.1 Å². The van der Waals surface area contributed by atoms with Crippen LogP contribution in [0.25, 0.3) is 0 Å². The Morgan fingerprint density at radius 1 is 1.04 bits per heavy atom. The van der Waals surface area contributed by atoms with E-state index >= 15 is 0 Å². The Kier molecular flexibility index (Phi) is 5.32. The molecule has 0 N–H and O–H groups in total. The van der Waals surface area contributed by atoms with Crippen molar-refractivity contribution in [1.82, 2.24) is 9.88 Å². The Labute approximate surface area is 158 Å². The number of benzene rings is 1. The highest BCUT2D eigenvalue weighted by molar-refractivity contribution is 6.30. The van der Waals surface area contributed by atoms with Gasteiger partial charge in [-0.05, 0) is 30.7 Å². The molecular formula is C19H22ClN3O3. The maximum atomic E-state index is 5.90. The van der Waals surface area contributed by atoms with E-state index in [0.717, 1.165) is 62.2 Å². The third-order valence-electron chi connectivity index (χ3n) is 4.64. The summed E-state index contributed by atoms with van der Waals surface area (Å²) in [5.41, 5.74) is 0. The molecule has 7 heteroatoms. The lowest BCUT2D eigenvalue weighted by molar-refractivity contribution is 0.173. The molecule has 0 saturated carbocycles. The van der Waals surface area contributed by atoms with Gasteiger partial charge in [0.25, 0.3) is 0 Å². The number of pyridine rings is 1. The second-order valence-electron chi connectivity index (χ2n) is 6.38. The maximum Gasteiger partial charge on any atom is 0.231 e. The minimum atomic E-state index is 0.288. The average Bonchev–Trinajstić information content (AvgIpc) is 3.14. The van der Waals surface area contributed by atoms with Crippen LogP contribution >= 0.6 is 11.6 Å². The molecule has 0 bridgehead atoms. The minimum absolute atomic E-state index is 0.288. The van der Waals surface area contributed by atoms with E-state index in [1.54, 1.807) is 6.20 Å². The first-order valence-electron chi connectivity index (χ1n) is 8.89. The summed E-state index contributed by atoms with van der Waals surface area (Å²) in [6.07, 6.45) is 2.70. The molecule has 0 unspecified atom stereocenters. The van der Waals surface area contributed by atoms with E-state index in [0.29, 0.717) is 11.6 Å². The van der Waals surface area contributed by atoms with Crippen molar-refractivity contribution in [1.29, 1.82) is 0 Å². The molecular weight excluding hydrogens is 354 g/mol. The van der Waals surface area contributed by atoms with Crippen LogP contribution < -0.4 is 19.1 Å². The third kappa shape index (κ3) is 4.14. The highest BCUT2D eigenvalue weighted by atomic mass is 35.5. The molecule has 1 aromatic carbocycles. The van der Waals surface area contributed by atoms with Gasteiger partial charge in [0.15, 0.2) is 11.5 Å². The molecule has 2 aromatic rings. The normalized spacial score (nSPS) is 16.7. The van der Waals surface area contributed by atoms with Crippen LogP contribution in [0.3, 0.4) is 0 Å². The summed E-state index contributed by atoms with van der Waals surface area (Å²) in [4.78, 5) is 9.17. The lowest BCUT2D eigenvalue weighted by atomic mass is 10.3. The molecule has 0 radical (unpaired) electrons. The van der Waals surface area contributed by atoms with Crippen LogP contribution in [0.5, 0.6) is 17.2 Å². The molecule has 0 spiro atoms. The summed E-state index contributed by atoms with van der Waals surface area (Å²) in [5, 5.41) is 0.676. The smallest absolute Gasteiger partial charge is 0.231 e. The average molecular weight is 376 g/mol. The molecule has 138 valence electrons. The first-order chi connectivity index (χ1) is 12.8. The quantitative estimate of drug-likeness (QED) is 0.723. The molecule has 1 aromatic heterocycles. The molecule has 0 amide bonds. The zero-order chi connectivity index (χ0) is 17.8. The van der Waals surface area contributed by atoms with Gasteiger partial charge in [-0.25, -0.2) is 4.98 Å². The fourth-order valence-corrected chi connectivity index (χ4v) is 3.31. The molecule has 0 atom stereocenters. The Hall–Kier alpha value is -2.18. The number of ether oxygens (including phenoxy) is 3. The van der Waals surface area contributed by atoms with Crippen LogP contribution in [-0.4, -0.2) is 56.0 Å². The first kappa shape index (κ1) is 17.2. The SMILES string of the molecule is Clc1ccc(N2CCN(CCCOc3ccc4c(c3)OCO4)CC2)nc1. The predicted molar refractivity (Wildman–Crippen MR) is 101 cm³/mol. The van der Waals surface area contributed by atoms with E-state index in [1.807, 2.05) is 30.3 Å². The fraction of sp³-hybridized carbons (Fsp3) is 0.421. The Balaban J connectivity index is 1.17. The molecule has 1 fully saturated rings. The summed E-state index contributed by atoms with van der Waals surface area (Å²) in [6.45, 7) is 6.05. The number of halogens is 1. The Morgan fingerprint density at radius 2 is 1.88 bits per heavy atom. The molecule has 4 rings (SSSR count). The van der Waals surface area contributed by atoms with Crippen molar-refractivity contribution in [2.45, 2.75) is 6.42 Å². The summed E-state index contributed by atoms with van der Waals surface area (Å²) < 4.78 is 16.5. The van der Waals surface area contributed by atoms with Gasteiger partial charge in [-0.3, -0.25) is 4.90 Å². The van der Waals surface area contributed by atoms with Gasteiger partial charge >= 0.3 is 0 Å². The summed E-state index contributed by atoms with van der Waals surface area (Å²) in [6, 6.07) is 9.58. The van der Waals surface area contributed by atoms with Gasteiger partial charge in [-0.2, -0.15) is 0 Å². The molecule has 2 aliphatic heterocycles. The van der Waals surface area contributed by atoms with Crippen LogP contribution in [0.4, 0.5) is 5.82 Å². The number of fused-ring (bicyclic) bond motifs is 1. The lowest BCUT2D eigenvalue weighted by Crippen LogP contribution is -2.47. The van der Waals surface area contributed by atoms with Crippen molar-refractivity contribution in [2.75, 3.05) is 51.0 Å². The number of rotatable bonds is 6. The van der Waals surface area contributed by atoms with Crippen molar-refractivity contribution >= 4 is 17.4 Å². The van der Waals surface area contributed by atoms with E-state index in [2.05, 4.69) is 14.8 Å². The Bertz CT molecular complexity index is 733. The van der Waals surface area contributed by atoms with Crippen LogP contribution in [0.15, 0.2) is 36.5 Å². The molecule has 26 heavy (non-hydrogen) atoms. The van der Waals surface area contributed by atoms with Crippen LogP contribution in [-0.2, 0) is 0 Å². The Morgan fingerprint density at radius 3 is 2.69 bits per heavy atom. The van der Waals surface area contributed by atoms with Crippen molar-refractivity contribution in [3.63, 3.8) is 0 Å². The van der Waals surface area contributed by atoms with Crippen LogP contribution in [0.2, 0.25) is 5.02 Å². The molecule has 3 heterocycles. The van der Waals surface area contributed by atoms with Gasteiger partial charge in [0, 0.05) is 45.0 Å². The molecule has 0 aliphatic carbocycles. The number of hydrogen-bond donors (Lipinski definition) is 0. The van der Waals surface area contributed by atoms with Crippen LogP contribution in [0.1, 0.15) is 6.42 Å². The first-order valence-corrected chi connectivity index (χ1v) is 9.27. The zero-order valence-corrected chi connectivity index (χ0v) is 15.3. The number of hydrogen-bond acceptors (Lipinski definition) is 6. The minimum Gasteiger partial charge on any atom is -0.493 e. The van der Waals surface area contributed by atoms with Gasteiger partial charge in [-0.1, -0.05) is 11.6 Å². The standard InChI is InChI=1S/C19H22ClN3O3/c20-15-2-5-19(21-13-15)23-9-7-22(8-10-23)6-1-11-24-16-3-4-17-18(12-16)26-14-25-17/h2-5,12-13H,1,6-11,14H2. The molecule has 1 saturated heterocycles. The fourth-order valence-electron chi connectivity index (χ4n) is 3.20. The zero-order valence-electron chi connectivity index (χ0n) is 14.6. The molecule has 2 aliphatic rings. The number of anilines is 1. The third-order valence-corrected chi connectivity index (χ3v) is 4.86. The van der Waals surface area contributed by atoms with Gasteiger partial charge in [0.1, 0.15) is 11.6 Å². The summed E-state index contributed by atoms with van der Waals surface area (Å²) in [5.74, 6) is 3.37. The van der Waals surface area contributed by atoms with Crippen molar-refractivity contribution in [2.24, 2.45) is 0 Å². The van der Waals surface area contributed by atoms with Gasteiger partial charge in [0.05, 0.1) is 11.6 Å². The maximum absolute atomic E-state index is 5.90. The van der Waals surface area contributed by atoms with E-state index in [1.165, 1.54) is 0 Å². The second-order valence-corrected chi connectivity index (χ2v) is 6.82. The van der Waals surface area contributed by atoms with Gasteiger partial charge in [0.2, 0.25) is 6.79 Å². The highest BCUT2D eigenvalue weighted by Crippen LogP contribution is 2.35. The number of nitrogens with zero attached hydrogens (tertiary/aromatic N) is 3. The number of piperazine rings is 1. The lowest BCUT2D eigenvalue weighted by Gasteiger charge is -2.35. The van der Waals surface area contributed by atoms with E-state index in [-0.39, 0.29) is 6.79 Å². The highest BCUT2D eigenvalue weighted by Gasteiger charge is 2.18. The largest absolute Gasteiger partial charge is 0.493 e. The summed E-state index contributed by atoms with van der Waals surface area (Å²) in [7, 11) is 0. The topological polar surface area (TPSA) is 47.1 Å². The number of aromatic nitrogens is 1. The van der Waals surface area contributed by atoms with E-state index < -0.39 is 0 Å². The van der Waals surface area contributed by atoms with E-state index in [4.69, 9.17) is 25.8 Å². The monoisotopic (exact) mass is 375 g/mol. The van der Waals surface area contributed by atoms with Crippen molar-refractivity contribution < 1.29 is 14.2 Å². The van der Waals surface area contributed by atoms with E-state index in [9.17, 15) is 0 Å². The second kappa shape index (κ2) is 8.01. The van der Waals surface area contributed by atoms with Gasteiger partial charge in [-0.15, -0.1) is 0 Å². The van der Waals surface area contributed by atoms with Crippen molar-refractivity contribution in [3.05, 3.63) is 41.6 Å². The predicted octanol–water partition coefficient (Wildman–Crippen LogP) is 3.05.